The highest BCUT2D eigenvalue weighted by Crippen LogP contribution is 2.36. The Kier molecular flexibility index (Phi) is 4.12. The highest BCUT2D eigenvalue weighted by Gasteiger charge is 2.52. The number of carbonyl (C=O) groups is 2. The first-order valence-electron chi connectivity index (χ1n) is 9.18. The summed E-state index contributed by atoms with van der Waals surface area (Å²) in [5.41, 5.74) is 0.701. The molecule has 2 aliphatic carbocycles. The van der Waals surface area contributed by atoms with Gasteiger partial charge in [0.05, 0.1) is 19.7 Å². The van der Waals surface area contributed by atoms with Gasteiger partial charge in [-0.05, 0) is 38.0 Å². The van der Waals surface area contributed by atoms with Crippen LogP contribution < -0.4 is 5.32 Å². The van der Waals surface area contributed by atoms with Crippen molar-refractivity contribution in [1.82, 2.24) is 15.1 Å². The van der Waals surface area contributed by atoms with Gasteiger partial charge in [0, 0.05) is 25.7 Å². The monoisotopic (exact) mass is 333 g/mol. The molecular formula is C18H27N3O3. The average molecular weight is 333 g/mol. The van der Waals surface area contributed by atoms with Crippen LogP contribution in [0.5, 0.6) is 0 Å². The summed E-state index contributed by atoms with van der Waals surface area (Å²) in [7, 11) is 1.68. The molecule has 6 nitrogen and oxygen atoms in total. The van der Waals surface area contributed by atoms with Gasteiger partial charge in [0.1, 0.15) is 11.6 Å². The van der Waals surface area contributed by atoms with Crippen LogP contribution in [0.25, 0.3) is 0 Å². The molecule has 0 radical (unpaired) electrons. The molecule has 1 saturated carbocycles. The fraction of sp³-hybridized carbons (Fsp3) is 0.778. The van der Waals surface area contributed by atoms with Crippen LogP contribution in [-0.2, 0) is 14.3 Å². The van der Waals surface area contributed by atoms with Crippen LogP contribution in [-0.4, -0.2) is 73.1 Å². The van der Waals surface area contributed by atoms with Gasteiger partial charge in [-0.2, -0.15) is 0 Å². The summed E-state index contributed by atoms with van der Waals surface area (Å²) in [6, 6.07) is -0.191. The first-order chi connectivity index (χ1) is 11.6. The molecule has 4 aliphatic rings. The number of hydrogen-bond acceptors (Lipinski definition) is 4. The van der Waals surface area contributed by atoms with Crippen molar-refractivity contribution < 1.29 is 14.3 Å². The summed E-state index contributed by atoms with van der Waals surface area (Å²) in [4.78, 5) is 28.8. The van der Waals surface area contributed by atoms with Crippen molar-refractivity contribution in [2.24, 2.45) is 5.92 Å². The fourth-order valence-corrected chi connectivity index (χ4v) is 4.17. The second-order valence-electron chi connectivity index (χ2n) is 7.78. The van der Waals surface area contributed by atoms with Gasteiger partial charge in [0.25, 0.3) is 0 Å². The predicted octanol–water partition coefficient (Wildman–Crippen LogP) is 0.535. The van der Waals surface area contributed by atoms with Crippen molar-refractivity contribution in [3.05, 3.63) is 11.6 Å². The van der Waals surface area contributed by atoms with Crippen molar-refractivity contribution in [1.29, 1.82) is 0 Å². The van der Waals surface area contributed by atoms with Gasteiger partial charge in [0.2, 0.25) is 11.8 Å². The Labute approximate surface area is 143 Å². The quantitative estimate of drug-likeness (QED) is 0.815. The lowest BCUT2D eigenvalue weighted by Crippen LogP contribution is -2.73. The number of ether oxygens (including phenoxy) is 1. The molecule has 2 saturated heterocycles. The number of likely N-dealkylation sites (tertiary alicyclic amines) is 1. The number of likely N-dealkylation sites (N-methyl/N-ethyl adjacent to an activating group) is 1. The van der Waals surface area contributed by atoms with E-state index in [1.807, 2.05) is 4.90 Å². The summed E-state index contributed by atoms with van der Waals surface area (Å²) in [5.74, 6) is 0.950. The van der Waals surface area contributed by atoms with Crippen LogP contribution in [0.4, 0.5) is 0 Å². The van der Waals surface area contributed by atoms with Crippen molar-refractivity contribution in [3.8, 4) is 0 Å². The number of nitrogens with zero attached hydrogens (tertiary/aromatic N) is 2. The van der Waals surface area contributed by atoms with Gasteiger partial charge in [-0.25, -0.2) is 0 Å². The minimum absolute atomic E-state index is 0.0360. The van der Waals surface area contributed by atoms with Crippen LogP contribution in [0.2, 0.25) is 0 Å². The van der Waals surface area contributed by atoms with E-state index in [-0.39, 0.29) is 23.5 Å². The number of hydrogen-bond donors (Lipinski definition) is 1. The molecule has 24 heavy (non-hydrogen) atoms. The van der Waals surface area contributed by atoms with E-state index in [2.05, 4.69) is 16.3 Å². The largest absolute Gasteiger partial charge is 0.368 e. The fourth-order valence-electron chi connectivity index (χ4n) is 4.17. The minimum atomic E-state index is -0.270. The number of carbonyl (C=O) groups excluding carboxylic acids is 2. The summed E-state index contributed by atoms with van der Waals surface area (Å²) in [6.45, 7) is 3.47. The lowest BCUT2D eigenvalue weighted by atomic mass is 9.89. The second-order valence-corrected chi connectivity index (χ2v) is 7.78. The topological polar surface area (TPSA) is 61.9 Å². The van der Waals surface area contributed by atoms with Gasteiger partial charge in [0.15, 0.2) is 0 Å². The molecule has 1 atom stereocenters. The Hall–Kier alpha value is -1.40. The van der Waals surface area contributed by atoms with Gasteiger partial charge in [-0.15, -0.1) is 0 Å². The highest BCUT2D eigenvalue weighted by molar-refractivity contribution is 5.94. The summed E-state index contributed by atoms with van der Waals surface area (Å²) < 4.78 is 6.10. The SMILES string of the molecule is CNC(=O)C1COC2(CN(C(=O)C3=CCCC3)C2)CN1CC1CC1. The van der Waals surface area contributed by atoms with Gasteiger partial charge >= 0.3 is 0 Å². The normalized spacial score (nSPS) is 29.3. The molecule has 0 aromatic rings. The van der Waals surface area contributed by atoms with Gasteiger partial charge in [-0.1, -0.05) is 6.08 Å². The molecule has 1 spiro atoms. The number of morpholine rings is 1. The summed E-state index contributed by atoms with van der Waals surface area (Å²) in [5, 5.41) is 2.75. The molecule has 132 valence electrons. The zero-order chi connectivity index (χ0) is 16.7. The molecule has 0 aromatic carbocycles. The lowest BCUT2D eigenvalue weighted by molar-refractivity contribution is -0.202. The lowest BCUT2D eigenvalue weighted by Gasteiger charge is -2.55. The Balaban J connectivity index is 1.38. The van der Waals surface area contributed by atoms with E-state index in [1.165, 1.54) is 12.8 Å². The molecule has 0 bridgehead atoms. The highest BCUT2D eigenvalue weighted by atomic mass is 16.5. The summed E-state index contributed by atoms with van der Waals surface area (Å²) in [6.07, 6.45) is 7.65. The van der Waals surface area contributed by atoms with Crippen LogP contribution >= 0.6 is 0 Å². The maximum atomic E-state index is 12.5. The van der Waals surface area contributed by atoms with E-state index in [9.17, 15) is 9.59 Å². The third-order valence-electron chi connectivity index (χ3n) is 5.78. The maximum absolute atomic E-state index is 12.5. The molecule has 0 aromatic heterocycles. The molecule has 1 unspecified atom stereocenters. The predicted molar refractivity (Wildman–Crippen MR) is 89.3 cm³/mol. The third kappa shape index (κ3) is 2.97. The van der Waals surface area contributed by atoms with Crippen molar-refractivity contribution in [3.63, 3.8) is 0 Å². The Bertz CT molecular complexity index is 564. The third-order valence-corrected chi connectivity index (χ3v) is 5.78. The van der Waals surface area contributed by atoms with Crippen molar-refractivity contribution in [2.45, 2.75) is 43.7 Å². The average Bonchev–Trinajstić information content (AvgIpc) is 3.20. The zero-order valence-electron chi connectivity index (χ0n) is 14.4. The van der Waals surface area contributed by atoms with E-state index in [1.54, 1.807) is 7.05 Å². The zero-order valence-corrected chi connectivity index (χ0v) is 14.4. The number of rotatable bonds is 4. The first-order valence-corrected chi connectivity index (χ1v) is 9.18. The van der Waals surface area contributed by atoms with Gasteiger partial charge < -0.3 is 15.0 Å². The van der Waals surface area contributed by atoms with Crippen LogP contribution in [0.3, 0.4) is 0 Å². The molecule has 6 heteroatoms. The number of allylic oxidation sites excluding steroid dienone is 1. The van der Waals surface area contributed by atoms with E-state index in [4.69, 9.17) is 4.74 Å². The van der Waals surface area contributed by atoms with E-state index < -0.39 is 0 Å². The molecule has 3 fully saturated rings. The van der Waals surface area contributed by atoms with Crippen LogP contribution in [0, 0.1) is 5.92 Å². The van der Waals surface area contributed by atoms with E-state index in [0.29, 0.717) is 19.7 Å². The van der Waals surface area contributed by atoms with E-state index >= 15 is 0 Å². The number of amides is 2. The molecular weight excluding hydrogens is 306 g/mol. The Morgan fingerprint density at radius 1 is 1.33 bits per heavy atom. The smallest absolute Gasteiger partial charge is 0.249 e. The minimum Gasteiger partial charge on any atom is -0.368 e. The Morgan fingerprint density at radius 2 is 2.12 bits per heavy atom. The maximum Gasteiger partial charge on any atom is 0.249 e. The second kappa shape index (κ2) is 6.15. The summed E-state index contributed by atoms with van der Waals surface area (Å²) >= 11 is 0. The van der Waals surface area contributed by atoms with Crippen molar-refractivity contribution >= 4 is 11.8 Å². The Morgan fingerprint density at radius 3 is 2.75 bits per heavy atom. The van der Waals surface area contributed by atoms with Crippen LogP contribution in [0.1, 0.15) is 32.1 Å². The van der Waals surface area contributed by atoms with E-state index in [0.717, 1.165) is 43.8 Å². The molecule has 4 rings (SSSR count). The molecule has 2 amide bonds. The standard InChI is InChI=1S/C18H27N3O3/c1-19-16(22)15-9-24-18(10-20(15)8-13-6-7-13)11-21(12-18)17(23)14-4-2-3-5-14/h4,13,15H,2-3,5-12H2,1H3,(H,19,22). The molecule has 2 heterocycles. The van der Waals surface area contributed by atoms with Crippen molar-refractivity contribution in [2.75, 3.05) is 39.8 Å². The van der Waals surface area contributed by atoms with Crippen LogP contribution in [0.15, 0.2) is 11.6 Å². The first kappa shape index (κ1) is 16.1. The van der Waals surface area contributed by atoms with Gasteiger partial charge in [-0.3, -0.25) is 14.5 Å². The molecule has 1 N–H and O–H groups in total. The molecule has 2 aliphatic heterocycles. The number of nitrogens with one attached hydrogen (secondary N) is 1.